The van der Waals surface area contributed by atoms with Gasteiger partial charge in [0.05, 0.1) is 0 Å². The van der Waals surface area contributed by atoms with Crippen LogP contribution in [0.4, 0.5) is 0 Å². The third kappa shape index (κ3) is 2.39. The largest absolute Gasteiger partial charge is 0.478 e. The zero-order valence-electron chi connectivity index (χ0n) is 14.5. The van der Waals surface area contributed by atoms with E-state index >= 15 is 0 Å². The van der Waals surface area contributed by atoms with Crippen LogP contribution in [0.15, 0.2) is 53.0 Å². The molecule has 25 heavy (non-hydrogen) atoms. The number of fused-ring (bicyclic) bond motifs is 4. The van der Waals surface area contributed by atoms with E-state index in [1.807, 2.05) is 6.07 Å². The lowest BCUT2D eigenvalue weighted by Crippen LogP contribution is -2.29. The van der Waals surface area contributed by atoms with E-state index < -0.39 is 5.60 Å². The first-order chi connectivity index (χ1) is 12.2. The zero-order valence-corrected chi connectivity index (χ0v) is 14.5. The van der Waals surface area contributed by atoms with Gasteiger partial charge in [0.25, 0.3) is 0 Å². The van der Waals surface area contributed by atoms with Crippen molar-refractivity contribution in [3.05, 3.63) is 71.0 Å². The van der Waals surface area contributed by atoms with Crippen molar-refractivity contribution in [2.45, 2.75) is 44.6 Å². The summed E-state index contributed by atoms with van der Waals surface area (Å²) in [5.74, 6) is 2.14. The van der Waals surface area contributed by atoms with Gasteiger partial charge in [-0.3, -0.25) is 0 Å². The summed E-state index contributed by atoms with van der Waals surface area (Å²) in [4.78, 5) is 0. The smallest absolute Gasteiger partial charge is 0.150 e. The van der Waals surface area contributed by atoms with E-state index in [-0.39, 0.29) is 0 Å². The highest BCUT2D eigenvalue weighted by Crippen LogP contribution is 2.41. The van der Waals surface area contributed by atoms with Gasteiger partial charge >= 0.3 is 0 Å². The van der Waals surface area contributed by atoms with Crippen LogP contribution < -0.4 is 4.74 Å². The molecule has 0 saturated heterocycles. The number of hydrogen-bond donors (Lipinski definition) is 0. The van der Waals surface area contributed by atoms with Crippen molar-refractivity contribution in [2.75, 3.05) is 0 Å². The van der Waals surface area contributed by atoms with E-state index in [2.05, 4.69) is 55.5 Å². The summed E-state index contributed by atoms with van der Waals surface area (Å²) in [5.41, 5.74) is 4.24. The lowest BCUT2D eigenvalue weighted by atomic mass is 9.91. The van der Waals surface area contributed by atoms with Gasteiger partial charge in [-0.2, -0.15) is 0 Å². The third-order valence-electron chi connectivity index (χ3n) is 5.59. The average molecular weight is 330 g/mol. The Bertz CT molecular complexity index is 965. The van der Waals surface area contributed by atoms with Gasteiger partial charge in [0, 0.05) is 22.9 Å². The molecule has 1 unspecified atom stereocenters. The van der Waals surface area contributed by atoms with E-state index in [0.29, 0.717) is 0 Å². The summed E-state index contributed by atoms with van der Waals surface area (Å²) < 4.78 is 12.7. The van der Waals surface area contributed by atoms with Gasteiger partial charge in [0.2, 0.25) is 0 Å². The molecule has 0 saturated carbocycles. The maximum absolute atomic E-state index is 6.48. The number of rotatable bonds is 1. The van der Waals surface area contributed by atoms with Crippen molar-refractivity contribution in [1.29, 1.82) is 0 Å². The zero-order chi connectivity index (χ0) is 16.9. The second-order valence-electron chi connectivity index (χ2n) is 7.36. The highest BCUT2D eigenvalue weighted by Gasteiger charge is 2.30. The van der Waals surface area contributed by atoms with Crippen LogP contribution in [-0.4, -0.2) is 0 Å². The SMILES string of the molecule is CC1(c2ccccc2)C=Cc2cc3oc4c(c3cc2O1)CCCCC4. The molecule has 0 fully saturated rings. The number of aryl methyl sites for hydroxylation is 2. The molecule has 2 aliphatic rings. The van der Waals surface area contributed by atoms with Crippen LogP contribution in [0, 0.1) is 0 Å². The quantitative estimate of drug-likeness (QED) is 0.509. The van der Waals surface area contributed by atoms with Crippen molar-refractivity contribution < 1.29 is 9.15 Å². The molecule has 2 nitrogen and oxygen atoms in total. The summed E-state index contributed by atoms with van der Waals surface area (Å²) in [6, 6.07) is 14.7. The lowest BCUT2D eigenvalue weighted by molar-refractivity contribution is 0.138. The molecular weight excluding hydrogens is 308 g/mol. The molecule has 1 atom stereocenters. The molecule has 2 heteroatoms. The molecule has 1 aliphatic carbocycles. The molecular formula is C23H22O2. The first-order valence-corrected chi connectivity index (χ1v) is 9.25. The fourth-order valence-electron chi connectivity index (χ4n) is 4.13. The highest BCUT2D eigenvalue weighted by molar-refractivity contribution is 5.87. The Labute approximate surface area is 148 Å². The van der Waals surface area contributed by atoms with Gasteiger partial charge in [0.1, 0.15) is 22.7 Å². The van der Waals surface area contributed by atoms with Gasteiger partial charge in [-0.15, -0.1) is 0 Å². The molecule has 0 amide bonds. The number of furan rings is 1. The molecule has 0 radical (unpaired) electrons. The van der Waals surface area contributed by atoms with Gasteiger partial charge in [-0.25, -0.2) is 0 Å². The van der Waals surface area contributed by atoms with Crippen LogP contribution in [0.2, 0.25) is 0 Å². The fraction of sp³-hybridized carbons (Fsp3) is 0.304. The third-order valence-corrected chi connectivity index (χ3v) is 5.59. The van der Waals surface area contributed by atoms with Gasteiger partial charge < -0.3 is 9.15 Å². The molecule has 5 rings (SSSR count). The van der Waals surface area contributed by atoms with E-state index in [9.17, 15) is 0 Å². The van der Waals surface area contributed by atoms with Gasteiger partial charge in [-0.05, 0) is 50.0 Å². The van der Waals surface area contributed by atoms with Crippen LogP contribution in [0.1, 0.15) is 48.6 Å². The van der Waals surface area contributed by atoms with Crippen LogP contribution in [0.25, 0.3) is 17.0 Å². The Morgan fingerprint density at radius 1 is 0.960 bits per heavy atom. The molecule has 0 N–H and O–H groups in total. The van der Waals surface area contributed by atoms with Crippen molar-refractivity contribution in [3.63, 3.8) is 0 Å². The first kappa shape index (κ1) is 14.8. The first-order valence-electron chi connectivity index (χ1n) is 9.25. The lowest BCUT2D eigenvalue weighted by Gasteiger charge is -2.32. The van der Waals surface area contributed by atoms with Crippen molar-refractivity contribution in [1.82, 2.24) is 0 Å². The van der Waals surface area contributed by atoms with E-state index in [4.69, 9.17) is 9.15 Å². The predicted molar refractivity (Wildman–Crippen MR) is 101 cm³/mol. The Morgan fingerprint density at radius 2 is 1.80 bits per heavy atom. The second kappa shape index (κ2) is 5.52. The fourth-order valence-corrected chi connectivity index (χ4v) is 4.13. The Kier molecular flexibility index (Phi) is 3.27. The maximum Gasteiger partial charge on any atom is 0.150 e. The molecule has 2 aromatic carbocycles. The molecule has 2 heterocycles. The van der Waals surface area contributed by atoms with Crippen LogP contribution in [0.3, 0.4) is 0 Å². The molecule has 0 bridgehead atoms. The molecule has 1 aliphatic heterocycles. The van der Waals surface area contributed by atoms with Crippen LogP contribution in [0.5, 0.6) is 5.75 Å². The summed E-state index contributed by atoms with van der Waals surface area (Å²) in [7, 11) is 0. The summed E-state index contributed by atoms with van der Waals surface area (Å²) in [6.45, 7) is 2.13. The maximum atomic E-state index is 6.48. The van der Waals surface area contributed by atoms with Crippen molar-refractivity contribution in [2.24, 2.45) is 0 Å². The van der Waals surface area contributed by atoms with E-state index in [1.165, 1.54) is 41.5 Å². The van der Waals surface area contributed by atoms with Gasteiger partial charge in [-0.1, -0.05) is 42.8 Å². The van der Waals surface area contributed by atoms with Gasteiger partial charge in [0.15, 0.2) is 0 Å². The summed E-state index contributed by atoms with van der Waals surface area (Å²) in [5, 5.41) is 1.24. The summed E-state index contributed by atoms with van der Waals surface area (Å²) >= 11 is 0. The minimum absolute atomic E-state index is 0.428. The topological polar surface area (TPSA) is 22.4 Å². The van der Waals surface area contributed by atoms with Crippen LogP contribution in [-0.2, 0) is 18.4 Å². The van der Waals surface area contributed by atoms with E-state index in [1.54, 1.807) is 0 Å². The highest BCUT2D eigenvalue weighted by atomic mass is 16.5. The van der Waals surface area contributed by atoms with Crippen molar-refractivity contribution >= 4 is 17.0 Å². The number of benzene rings is 2. The standard InChI is InChI=1S/C23H22O2/c1-23(17-8-4-2-5-9-17)13-12-16-14-22-19(15-21(16)25-23)18-10-6-3-7-11-20(18)24-22/h2,4-5,8-9,12-15H,3,6-7,10-11H2,1H3. The monoisotopic (exact) mass is 330 g/mol. The Morgan fingerprint density at radius 3 is 2.68 bits per heavy atom. The minimum Gasteiger partial charge on any atom is -0.478 e. The number of hydrogen-bond acceptors (Lipinski definition) is 2. The van der Waals surface area contributed by atoms with Crippen LogP contribution >= 0.6 is 0 Å². The molecule has 3 aromatic rings. The Balaban J connectivity index is 1.62. The van der Waals surface area contributed by atoms with E-state index in [0.717, 1.165) is 29.7 Å². The van der Waals surface area contributed by atoms with Crippen molar-refractivity contribution in [3.8, 4) is 5.75 Å². The predicted octanol–water partition coefficient (Wildman–Crippen LogP) is 6.02. The Hall–Kier alpha value is -2.48. The number of ether oxygens (including phenoxy) is 1. The minimum atomic E-state index is -0.428. The molecule has 1 aromatic heterocycles. The molecule has 0 spiro atoms. The normalized spacial score (nSPS) is 22.1. The average Bonchev–Trinajstić information content (AvgIpc) is 2.81. The second-order valence-corrected chi connectivity index (χ2v) is 7.36. The summed E-state index contributed by atoms with van der Waals surface area (Å²) in [6.07, 6.45) is 10.3. The molecule has 126 valence electrons.